The second kappa shape index (κ2) is 4.96. The topological polar surface area (TPSA) is 38.1 Å². The van der Waals surface area contributed by atoms with Crippen LogP contribution >= 0.6 is 0 Å². The van der Waals surface area contributed by atoms with Gasteiger partial charge in [0.2, 0.25) is 5.91 Å². The summed E-state index contributed by atoms with van der Waals surface area (Å²) in [6, 6.07) is 1.84. The van der Waals surface area contributed by atoms with Crippen LogP contribution in [0.25, 0.3) is 0 Å². The molecule has 0 radical (unpaired) electrons. The zero-order chi connectivity index (χ0) is 10.5. The first-order chi connectivity index (χ1) is 7.36. The Hall–Kier alpha value is -1.32. The van der Waals surface area contributed by atoms with E-state index in [-0.39, 0.29) is 5.91 Å². The second-order valence-corrected chi connectivity index (χ2v) is 4.00. The summed E-state index contributed by atoms with van der Waals surface area (Å²) in [7, 11) is 0. The molecule has 1 amide bonds. The van der Waals surface area contributed by atoms with Crippen molar-refractivity contribution < 1.29 is 4.79 Å². The van der Waals surface area contributed by atoms with E-state index in [1.54, 1.807) is 10.9 Å². The summed E-state index contributed by atoms with van der Waals surface area (Å²) in [6.07, 6.45) is 8.33. The minimum Gasteiger partial charge on any atom is -0.341 e. The number of hydrogen-bond acceptors (Lipinski definition) is 2. The van der Waals surface area contributed by atoms with Crippen LogP contribution in [0.2, 0.25) is 0 Å². The average molecular weight is 207 g/mol. The summed E-state index contributed by atoms with van der Waals surface area (Å²) in [5.41, 5.74) is 0. The van der Waals surface area contributed by atoms with Crippen LogP contribution < -0.4 is 0 Å². The Kier molecular flexibility index (Phi) is 3.37. The Morgan fingerprint density at radius 3 is 2.53 bits per heavy atom. The third kappa shape index (κ3) is 2.81. The molecule has 1 fully saturated rings. The van der Waals surface area contributed by atoms with Crippen LogP contribution in [0.3, 0.4) is 0 Å². The molecule has 1 aromatic heterocycles. The molecule has 1 aliphatic rings. The minimum atomic E-state index is 0.195. The van der Waals surface area contributed by atoms with Gasteiger partial charge in [-0.1, -0.05) is 12.8 Å². The van der Waals surface area contributed by atoms with Crippen molar-refractivity contribution in [2.24, 2.45) is 0 Å². The highest BCUT2D eigenvalue weighted by atomic mass is 16.2. The van der Waals surface area contributed by atoms with Crippen LogP contribution in [0.15, 0.2) is 18.5 Å². The molecule has 0 saturated carbocycles. The fourth-order valence-electron chi connectivity index (χ4n) is 1.95. The fourth-order valence-corrected chi connectivity index (χ4v) is 1.95. The van der Waals surface area contributed by atoms with E-state index in [1.165, 1.54) is 12.8 Å². The van der Waals surface area contributed by atoms with E-state index in [1.807, 2.05) is 17.2 Å². The predicted molar refractivity (Wildman–Crippen MR) is 57.3 cm³/mol. The van der Waals surface area contributed by atoms with Crippen molar-refractivity contribution in [1.29, 1.82) is 0 Å². The number of likely N-dealkylation sites (tertiary alicyclic amines) is 1. The van der Waals surface area contributed by atoms with Crippen molar-refractivity contribution >= 4 is 5.91 Å². The van der Waals surface area contributed by atoms with Crippen molar-refractivity contribution in [3.63, 3.8) is 0 Å². The lowest BCUT2D eigenvalue weighted by atomic mass is 10.2. The van der Waals surface area contributed by atoms with Gasteiger partial charge in [-0.2, -0.15) is 5.10 Å². The molecular weight excluding hydrogens is 190 g/mol. The van der Waals surface area contributed by atoms with Gasteiger partial charge in [0.25, 0.3) is 0 Å². The van der Waals surface area contributed by atoms with Gasteiger partial charge in [-0.15, -0.1) is 0 Å². The average Bonchev–Trinajstić information content (AvgIpc) is 2.58. The van der Waals surface area contributed by atoms with E-state index in [9.17, 15) is 4.79 Å². The quantitative estimate of drug-likeness (QED) is 0.732. The third-order valence-electron chi connectivity index (χ3n) is 2.82. The maximum Gasteiger partial charge on any atom is 0.244 e. The molecule has 2 heterocycles. The van der Waals surface area contributed by atoms with E-state index in [0.29, 0.717) is 6.54 Å². The van der Waals surface area contributed by atoms with Gasteiger partial charge in [0.15, 0.2) is 0 Å². The first-order valence-corrected chi connectivity index (χ1v) is 5.61. The standard InChI is InChI=1S/C11H17N3O/c15-11(10-14-9-5-6-12-14)13-7-3-1-2-4-8-13/h5-6,9H,1-4,7-8,10H2. The smallest absolute Gasteiger partial charge is 0.244 e. The zero-order valence-corrected chi connectivity index (χ0v) is 8.93. The van der Waals surface area contributed by atoms with E-state index < -0.39 is 0 Å². The number of rotatable bonds is 2. The number of nitrogens with zero attached hydrogens (tertiary/aromatic N) is 3. The van der Waals surface area contributed by atoms with Crippen LogP contribution in [-0.2, 0) is 11.3 Å². The van der Waals surface area contributed by atoms with Gasteiger partial charge in [-0.25, -0.2) is 0 Å². The molecule has 1 aliphatic heterocycles. The lowest BCUT2D eigenvalue weighted by molar-refractivity contribution is -0.132. The van der Waals surface area contributed by atoms with Crippen LogP contribution in [0, 0.1) is 0 Å². The summed E-state index contributed by atoms with van der Waals surface area (Å²) in [4.78, 5) is 13.9. The van der Waals surface area contributed by atoms with Crippen LogP contribution in [0.1, 0.15) is 25.7 Å². The summed E-state index contributed by atoms with van der Waals surface area (Å²) < 4.78 is 1.69. The molecule has 0 N–H and O–H groups in total. The first-order valence-electron chi connectivity index (χ1n) is 5.61. The highest BCUT2D eigenvalue weighted by Gasteiger charge is 2.15. The summed E-state index contributed by atoms with van der Waals surface area (Å²) in [5.74, 6) is 0.195. The van der Waals surface area contributed by atoms with E-state index >= 15 is 0 Å². The molecule has 15 heavy (non-hydrogen) atoms. The molecule has 0 bridgehead atoms. The molecule has 4 nitrogen and oxygen atoms in total. The van der Waals surface area contributed by atoms with Crippen LogP contribution in [-0.4, -0.2) is 33.7 Å². The Morgan fingerprint density at radius 2 is 1.93 bits per heavy atom. The van der Waals surface area contributed by atoms with Crippen molar-refractivity contribution in [3.8, 4) is 0 Å². The number of carbonyl (C=O) groups is 1. The van der Waals surface area contributed by atoms with Crippen molar-refractivity contribution in [2.45, 2.75) is 32.2 Å². The summed E-state index contributed by atoms with van der Waals surface area (Å²) in [6.45, 7) is 2.22. The molecule has 0 unspecified atom stereocenters. The molecule has 0 atom stereocenters. The van der Waals surface area contributed by atoms with E-state index in [4.69, 9.17) is 0 Å². The Balaban J connectivity index is 1.89. The van der Waals surface area contributed by atoms with Gasteiger partial charge in [-0.3, -0.25) is 9.48 Å². The largest absolute Gasteiger partial charge is 0.341 e. The molecule has 1 aromatic rings. The number of amides is 1. The Labute approximate surface area is 89.9 Å². The SMILES string of the molecule is O=C(Cn1cccn1)N1CCCCCC1. The maximum absolute atomic E-state index is 11.9. The third-order valence-corrected chi connectivity index (χ3v) is 2.82. The highest BCUT2D eigenvalue weighted by Crippen LogP contribution is 2.10. The zero-order valence-electron chi connectivity index (χ0n) is 8.93. The summed E-state index contributed by atoms with van der Waals surface area (Å²) in [5, 5.41) is 4.04. The Bertz CT molecular complexity index is 300. The maximum atomic E-state index is 11.9. The van der Waals surface area contributed by atoms with Gasteiger partial charge < -0.3 is 4.90 Å². The second-order valence-electron chi connectivity index (χ2n) is 4.00. The van der Waals surface area contributed by atoms with Crippen molar-refractivity contribution in [3.05, 3.63) is 18.5 Å². The van der Waals surface area contributed by atoms with Crippen molar-refractivity contribution in [2.75, 3.05) is 13.1 Å². The number of aromatic nitrogens is 2. The van der Waals surface area contributed by atoms with Crippen molar-refractivity contribution in [1.82, 2.24) is 14.7 Å². The first kappa shape index (κ1) is 10.2. The molecule has 1 saturated heterocycles. The summed E-state index contributed by atoms with van der Waals surface area (Å²) >= 11 is 0. The lowest BCUT2D eigenvalue weighted by Crippen LogP contribution is -2.34. The monoisotopic (exact) mass is 207 g/mol. The van der Waals surface area contributed by atoms with Gasteiger partial charge in [-0.05, 0) is 18.9 Å². The molecule has 4 heteroatoms. The minimum absolute atomic E-state index is 0.195. The van der Waals surface area contributed by atoms with Gasteiger partial charge in [0.05, 0.1) is 0 Å². The predicted octanol–water partition coefficient (Wildman–Crippen LogP) is 1.29. The van der Waals surface area contributed by atoms with Gasteiger partial charge in [0, 0.05) is 25.5 Å². The lowest BCUT2D eigenvalue weighted by Gasteiger charge is -2.20. The normalized spacial score (nSPS) is 17.5. The van der Waals surface area contributed by atoms with E-state index in [0.717, 1.165) is 25.9 Å². The fraction of sp³-hybridized carbons (Fsp3) is 0.636. The number of carbonyl (C=O) groups excluding carboxylic acids is 1. The molecule has 82 valence electrons. The molecular formula is C11H17N3O. The van der Waals surface area contributed by atoms with E-state index in [2.05, 4.69) is 5.10 Å². The molecule has 2 rings (SSSR count). The number of hydrogen-bond donors (Lipinski definition) is 0. The Morgan fingerprint density at radius 1 is 1.20 bits per heavy atom. The van der Waals surface area contributed by atoms with Gasteiger partial charge in [0.1, 0.15) is 6.54 Å². The highest BCUT2D eigenvalue weighted by molar-refractivity contribution is 5.75. The van der Waals surface area contributed by atoms with Crippen LogP contribution in [0.4, 0.5) is 0 Å². The molecule has 0 aliphatic carbocycles. The van der Waals surface area contributed by atoms with Gasteiger partial charge >= 0.3 is 0 Å². The molecule has 0 spiro atoms. The molecule has 0 aromatic carbocycles. The van der Waals surface area contributed by atoms with Crippen LogP contribution in [0.5, 0.6) is 0 Å².